The van der Waals surface area contributed by atoms with Crippen molar-refractivity contribution >= 4 is 23.7 Å². The average molecular weight is 605 g/mol. The Morgan fingerprint density at radius 2 is 0.977 bits per heavy atom. The topological polar surface area (TPSA) is 133 Å². The fourth-order valence-corrected chi connectivity index (χ4v) is 5.30. The molecule has 11 heteroatoms. The summed E-state index contributed by atoms with van der Waals surface area (Å²) in [5.74, 6) is -4.74. The third kappa shape index (κ3) is 11.7. The number of Topliss-reactive ketones (excluding diaryl/α,β-unsaturated/α-hetero) is 1. The van der Waals surface area contributed by atoms with Gasteiger partial charge in [0.1, 0.15) is 45.4 Å². The lowest BCUT2D eigenvalue weighted by molar-refractivity contribution is -0.162. The molecule has 11 nitrogen and oxygen atoms in total. The molecule has 0 amide bonds. The quantitative estimate of drug-likeness (QED) is 0.0584. The van der Waals surface area contributed by atoms with Gasteiger partial charge in [-0.3, -0.25) is 19.2 Å². The number of allylic oxidation sites excluding steroid dienone is 2. The lowest BCUT2D eigenvalue weighted by Crippen LogP contribution is -2.41. The number of hydrogen-bond acceptors (Lipinski definition) is 11. The highest BCUT2D eigenvalue weighted by Gasteiger charge is 2.46. The molecule has 0 saturated carbocycles. The fourth-order valence-electron chi connectivity index (χ4n) is 5.30. The largest absolute Gasteiger partial charge is 0.498 e. The van der Waals surface area contributed by atoms with Crippen LogP contribution in [0.4, 0.5) is 0 Å². The van der Waals surface area contributed by atoms with Gasteiger partial charge in [-0.15, -0.1) is 6.58 Å². The molecule has 0 aromatic carbocycles. The predicted octanol–water partition coefficient (Wildman–Crippen LogP) is 4.00. The number of esters is 3. The zero-order valence-corrected chi connectivity index (χ0v) is 24.8. The first-order chi connectivity index (χ1) is 20.9. The molecule has 2 aliphatic carbocycles. The van der Waals surface area contributed by atoms with E-state index in [2.05, 4.69) is 26.3 Å². The van der Waals surface area contributed by atoms with E-state index in [0.717, 1.165) is 11.1 Å². The van der Waals surface area contributed by atoms with Crippen LogP contribution in [-0.2, 0) is 52.3 Å². The summed E-state index contributed by atoms with van der Waals surface area (Å²) in [7, 11) is 0. The van der Waals surface area contributed by atoms with E-state index >= 15 is 0 Å². The second-order valence-electron chi connectivity index (χ2n) is 10.00. The Bertz CT molecular complexity index is 1010. The summed E-state index contributed by atoms with van der Waals surface area (Å²) < 4.78 is 36.8. The molecule has 43 heavy (non-hydrogen) atoms. The highest BCUT2D eigenvalue weighted by molar-refractivity contribution is 5.88. The first-order valence-corrected chi connectivity index (χ1v) is 14.5. The maximum Gasteiger partial charge on any atom is 0.310 e. The molecule has 4 atom stereocenters. The first kappa shape index (κ1) is 35.3. The van der Waals surface area contributed by atoms with E-state index in [1.54, 1.807) is 6.08 Å². The van der Waals surface area contributed by atoms with E-state index in [9.17, 15) is 19.2 Å². The number of carbonyl (C=O) groups is 4. The molecule has 0 aromatic rings. The van der Waals surface area contributed by atoms with Gasteiger partial charge in [0.05, 0.1) is 43.1 Å². The monoisotopic (exact) mass is 604 g/mol. The van der Waals surface area contributed by atoms with Gasteiger partial charge in [-0.1, -0.05) is 37.0 Å². The highest BCUT2D eigenvalue weighted by atomic mass is 16.6. The summed E-state index contributed by atoms with van der Waals surface area (Å²) in [6.45, 7) is 15.1. The molecule has 0 radical (unpaired) electrons. The van der Waals surface area contributed by atoms with E-state index in [0.29, 0.717) is 19.6 Å². The number of hydrogen-bond donors (Lipinski definition) is 0. The van der Waals surface area contributed by atoms with Crippen molar-refractivity contribution in [2.45, 2.75) is 38.5 Å². The Morgan fingerprint density at radius 1 is 0.581 bits per heavy atom. The summed E-state index contributed by atoms with van der Waals surface area (Å²) in [4.78, 5) is 52.9. The Hall–Kier alpha value is -3.86. The van der Waals surface area contributed by atoms with E-state index < -0.39 is 41.6 Å². The average Bonchev–Trinajstić information content (AvgIpc) is 3.01. The lowest BCUT2D eigenvalue weighted by atomic mass is 9.65. The van der Waals surface area contributed by atoms with Gasteiger partial charge < -0.3 is 33.2 Å². The minimum Gasteiger partial charge on any atom is -0.498 e. The molecule has 0 spiro atoms. The molecule has 2 aliphatic rings. The molecule has 238 valence electrons. The van der Waals surface area contributed by atoms with Crippen LogP contribution in [0.25, 0.3) is 0 Å². The van der Waals surface area contributed by atoms with E-state index in [4.69, 9.17) is 33.2 Å². The van der Waals surface area contributed by atoms with Crippen LogP contribution in [0.5, 0.6) is 0 Å². The van der Waals surface area contributed by atoms with Gasteiger partial charge in [0, 0.05) is 18.9 Å². The van der Waals surface area contributed by atoms with Crippen LogP contribution in [0.15, 0.2) is 62.3 Å². The van der Waals surface area contributed by atoms with Gasteiger partial charge >= 0.3 is 17.9 Å². The highest BCUT2D eigenvalue weighted by Crippen LogP contribution is 2.46. The van der Waals surface area contributed by atoms with Crippen LogP contribution < -0.4 is 0 Å². The Kier molecular flexibility index (Phi) is 16.5. The van der Waals surface area contributed by atoms with Gasteiger partial charge in [0.25, 0.3) is 0 Å². The summed E-state index contributed by atoms with van der Waals surface area (Å²) in [5.41, 5.74) is 1.73. The summed E-state index contributed by atoms with van der Waals surface area (Å²) in [5, 5.41) is 0. The maximum atomic E-state index is 13.4. The normalized spacial score (nSPS) is 20.9. The zero-order chi connectivity index (χ0) is 31.5. The van der Waals surface area contributed by atoms with Crippen LogP contribution in [-0.4, -0.2) is 76.5 Å². The molecule has 4 unspecified atom stereocenters. The van der Waals surface area contributed by atoms with Gasteiger partial charge in [0.15, 0.2) is 0 Å². The number of rotatable bonds is 22. The molecule has 0 N–H and O–H groups in total. The molecule has 2 rings (SSSR count). The van der Waals surface area contributed by atoms with Gasteiger partial charge in [-0.2, -0.15) is 0 Å². The van der Waals surface area contributed by atoms with E-state index in [1.165, 1.54) is 18.8 Å². The van der Waals surface area contributed by atoms with Crippen molar-refractivity contribution < 1.29 is 52.3 Å². The van der Waals surface area contributed by atoms with Crippen molar-refractivity contribution in [2.24, 2.45) is 23.7 Å². The van der Waals surface area contributed by atoms with Crippen molar-refractivity contribution in [3.8, 4) is 0 Å². The van der Waals surface area contributed by atoms with Crippen molar-refractivity contribution in [1.82, 2.24) is 0 Å². The Balaban J connectivity index is 2.26. The summed E-state index contributed by atoms with van der Waals surface area (Å²) in [6.07, 6.45) is 7.02. The van der Waals surface area contributed by atoms with Crippen LogP contribution in [0, 0.1) is 23.7 Å². The standard InChI is InChI=1S/C32H44O11/c1-5-11-40-12-9-10-29(33)25-19-23-21-27(31(35)42-17-14-38-7-3)28(32(36)43-18-15-39-8-4)22-24(23)20-26(25)30(34)41-16-13-37-6-2/h5-8,25-28H,1-4,9-22H2. The van der Waals surface area contributed by atoms with Crippen LogP contribution in [0.1, 0.15) is 38.5 Å². The number of carbonyl (C=O) groups excluding carboxylic acids is 4. The van der Waals surface area contributed by atoms with Gasteiger partial charge in [-0.05, 0) is 32.1 Å². The lowest BCUT2D eigenvalue weighted by Gasteiger charge is -2.39. The second-order valence-corrected chi connectivity index (χ2v) is 10.00. The van der Waals surface area contributed by atoms with Crippen molar-refractivity contribution in [3.63, 3.8) is 0 Å². The summed E-state index contributed by atoms with van der Waals surface area (Å²) >= 11 is 0. The van der Waals surface area contributed by atoms with Gasteiger partial charge in [-0.25, -0.2) is 0 Å². The van der Waals surface area contributed by atoms with Gasteiger partial charge in [0.2, 0.25) is 0 Å². The Morgan fingerprint density at radius 3 is 1.37 bits per heavy atom. The third-order valence-corrected chi connectivity index (χ3v) is 7.30. The molecule has 0 bridgehead atoms. The molecule has 0 aromatic heterocycles. The number of ether oxygens (including phenoxy) is 7. The molecule has 0 saturated heterocycles. The van der Waals surface area contributed by atoms with Crippen LogP contribution in [0.3, 0.4) is 0 Å². The fraction of sp³-hybridized carbons (Fsp3) is 0.562. The number of ketones is 1. The van der Waals surface area contributed by atoms with Crippen molar-refractivity contribution in [1.29, 1.82) is 0 Å². The second kappa shape index (κ2) is 20.1. The molecule has 0 fully saturated rings. The molecular weight excluding hydrogens is 560 g/mol. The first-order valence-electron chi connectivity index (χ1n) is 14.5. The molecular formula is C32H44O11. The maximum absolute atomic E-state index is 13.4. The zero-order valence-electron chi connectivity index (χ0n) is 24.8. The van der Waals surface area contributed by atoms with Crippen molar-refractivity contribution in [3.05, 3.63) is 62.3 Å². The minimum absolute atomic E-state index is 0.00871. The third-order valence-electron chi connectivity index (χ3n) is 7.30. The molecule has 0 heterocycles. The molecule has 0 aliphatic heterocycles. The predicted molar refractivity (Wildman–Crippen MR) is 156 cm³/mol. The Labute approximate surface area is 253 Å². The summed E-state index contributed by atoms with van der Waals surface area (Å²) in [6, 6.07) is 0. The SMILES string of the molecule is C=CCOCCCC(=O)C1CC2=C(CC1C(=O)OCCOC=C)CC(C(=O)OCCOC=C)C(C(=O)OCCOC=C)C2. The smallest absolute Gasteiger partial charge is 0.310 e. The van der Waals surface area contributed by atoms with Crippen molar-refractivity contribution in [2.75, 3.05) is 52.9 Å². The minimum atomic E-state index is -0.831. The van der Waals surface area contributed by atoms with Crippen LogP contribution >= 0.6 is 0 Å². The van der Waals surface area contributed by atoms with Crippen LogP contribution in [0.2, 0.25) is 0 Å². The van der Waals surface area contributed by atoms with E-state index in [-0.39, 0.29) is 77.5 Å². The van der Waals surface area contributed by atoms with E-state index in [1.807, 2.05) is 0 Å².